The third-order valence-electron chi connectivity index (χ3n) is 3.55. The van der Waals surface area contributed by atoms with Gasteiger partial charge in [-0.2, -0.15) is 18.4 Å². The highest BCUT2D eigenvalue weighted by atomic mass is 19.4. The Hall–Kier alpha value is -2.29. The maximum Gasteiger partial charge on any atom is 0.411 e. The number of nitrogens with zero attached hydrogens (tertiary/aromatic N) is 2. The van der Waals surface area contributed by atoms with Gasteiger partial charge < -0.3 is 5.32 Å². The van der Waals surface area contributed by atoms with E-state index in [0.717, 1.165) is 0 Å². The zero-order valence-electron chi connectivity index (χ0n) is 10.3. The van der Waals surface area contributed by atoms with Crippen LogP contribution in [-0.2, 0) is 0 Å². The number of benzene rings is 1. The molecular formula is C14H10F3N3. The lowest BCUT2D eigenvalue weighted by molar-refractivity contribution is -0.151. The summed E-state index contributed by atoms with van der Waals surface area (Å²) in [5, 5.41) is 12.2. The summed E-state index contributed by atoms with van der Waals surface area (Å²) < 4.78 is 39.2. The van der Waals surface area contributed by atoms with E-state index in [-0.39, 0.29) is 24.1 Å². The van der Waals surface area contributed by atoms with Gasteiger partial charge in [-0.05, 0) is 18.9 Å². The van der Waals surface area contributed by atoms with Crippen LogP contribution in [0.1, 0.15) is 18.4 Å². The van der Waals surface area contributed by atoms with Crippen molar-refractivity contribution in [1.29, 1.82) is 5.26 Å². The number of aromatic nitrogens is 1. The van der Waals surface area contributed by atoms with Crippen LogP contribution in [0.2, 0.25) is 0 Å². The second kappa shape index (κ2) is 4.10. The van der Waals surface area contributed by atoms with Gasteiger partial charge in [-0.3, -0.25) is 4.98 Å². The summed E-state index contributed by atoms with van der Waals surface area (Å²) in [5.41, 5.74) is -0.998. The van der Waals surface area contributed by atoms with E-state index in [0.29, 0.717) is 10.9 Å². The summed E-state index contributed by atoms with van der Waals surface area (Å²) in [6.45, 7) is 0. The summed E-state index contributed by atoms with van der Waals surface area (Å²) in [6.07, 6.45) is -2.97. The van der Waals surface area contributed by atoms with Crippen molar-refractivity contribution in [2.45, 2.75) is 24.6 Å². The lowest BCUT2D eigenvalue weighted by Crippen LogP contribution is -2.39. The fraction of sp³-hybridized carbons (Fsp3) is 0.286. The van der Waals surface area contributed by atoms with Crippen LogP contribution in [0.5, 0.6) is 0 Å². The molecule has 2 aromatic rings. The number of anilines is 1. The Kier molecular flexibility index (Phi) is 2.61. The van der Waals surface area contributed by atoms with Gasteiger partial charge in [0.1, 0.15) is 11.6 Å². The smallest absolute Gasteiger partial charge is 0.370 e. The maximum absolute atomic E-state index is 13.1. The van der Waals surface area contributed by atoms with Crippen LogP contribution in [0.25, 0.3) is 10.9 Å². The topological polar surface area (TPSA) is 48.7 Å². The van der Waals surface area contributed by atoms with E-state index in [1.54, 1.807) is 24.3 Å². The Bertz CT molecular complexity index is 712. The first kappa shape index (κ1) is 12.7. The average molecular weight is 277 g/mol. The molecule has 1 heterocycles. The lowest BCUT2D eigenvalue weighted by atomic mass is 10.1. The number of halogens is 3. The van der Waals surface area contributed by atoms with Crippen molar-refractivity contribution in [2.24, 2.45) is 0 Å². The van der Waals surface area contributed by atoms with Crippen LogP contribution in [0.4, 0.5) is 18.9 Å². The Balaban J connectivity index is 2.14. The average Bonchev–Trinajstić information content (AvgIpc) is 3.20. The van der Waals surface area contributed by atoms with Crippen molar-refractivity contribution < 1.29 is 13.2 Å². The Morgan fingerprint density at radius 3 is 2.55 bits per heavy atom. The van der Waals surface area contributed by atoms with Crippen molar-refractivity contribution in [3.8, 4) is 6.07 Å². The molecule has 1 fully saturated rings. The maximum atomic E-state index is 13.1. The number of rotatable bonds is 2. The van der Waals surface area contributed by atoms with E-state index in [1.807, 2.05) is 6.07 Å². The van der Waals surface area contributed by atoms with Crippen LogP contribution in [-0.4, -0.2) is 16.7 Å². The first-order valence-corrected chi connectivity index (χ1v) is 6.10. The fourth-order valence-corrected chi connectivity index (χ4v) is 2.20. The third kappa shape index (κ3) is 1.86. The standard InChI is InChI=1S/C14H10F3N3/c15-14(16,17)13(5-6-13)20-12-9(7-18)8-19-11-4-2-1-3-10(11)12/h1-4,8H,5-6H2,(H,19,20). The van der Waals surface area contributed by atoms with Gasteiger partial charge in [0.2, 0.25) is 0 Å². The number of para-hydroxylation sites is 1. The molecule has 0 spiro atoms. The van der Waals surface area contributed by atoms with E-state index in [4.69, 9.17) is 5.26 Å². The summed E-state index contributed by atoms with van der Waals surface area (Å²) in [7, 11) is 0. The lowest BCUT2D eigenvalue weighted by Gasteiger charge is -2.23. The molecule has 0 aliphatic heterocycles. The van der Waals surface area contributed by atoms with Gasteiger partial charge in [0.25, 0.3) is 0 Å². The van der Waals surface area contributed by atoms with Crippen LogP contribution in [0.15, 0.2) is 30.5 Å². The molecule has 1 aliphatic rings. The molecule has 3 rings (SSSR count). The molecular weight excluding hydrogens is 267 g/mol. The number of fused-ring (bicyclic) bond motifs is 1. The first-order chi connectivity index (χ1) is 9.47. The number of pyridine rings is 1. The Morgan fingerprint density at radius 1 is 1.25 bits per heavy atom. The fourth-order valence-electron chi connectivity index (χ4n) is 2.20. The predicted octanol–water partition coefficient (Wildman–Crippen LogP) is 3.61. The van der Waals surface area contributed by atoms with Crippen molar-refractivity contribution in [3.63, 3.8) is 0 Å². The molecule has 3 nitrogen and oxygen atoms in total. The van der Waals surface area contributed by atoms with Gasteiger partial charge >= 0.3 is 6.18 Å². The molecule has 1 aromatic heterocycles. The summed E-state index contributed by atoms with van der Waals surface area (Å²) >= 11 is 0. The zero-order chi connectivity index (χ0) is 14.4. The monoisotopic (exact) mass is 277 g/mol. The summed E-state index contributed by atoms with van der Waals surface area (Å²) in [6, 6.07) is 8.73. The number of nitriles is 1. The molecule has 0 radical (unpaired) electrons. The van der Waals surface area contributed by atoms with Crippen molar-refractivity contribution in [3.05, 3.63) is 36.0 Å². The highest BCUT2D eigenvalue weighted by Crippen LogP contribution is 2.52. The molecule has 0 unspecified atom stereocenters. The first-order valence-electron chi connectivity index (χ1n) is 6.10. The van der Waals surface area contributed by atoms with Crippen LogP contribution < -0.4 is 5.32 Å². The van der Waals surface area contributed by atoms with Crippen molar-refractivity contribution in [2.75, 3.05) is 5.32 Å². The third-order valence-corrected chi connectivity index (χ3v) is 3.55. The van der Waals surface area contributed by atoms with Crippen LogP contribution in [0, 0.1) is 11.3 Å². The van der Waals surface area contributed by atoms with Crippen LogP contribution in [0.3, 0.4) is 0 Å². The summed E-state index contributed by atoms with van der Waals surface area (Å²) in [4.78, 5) is 4.08. The normalized spacial score (nSPS) is 16.7. The van der Waals surface area contributed by atoms with E-state index >= 15 is 0 Å². The van der Waals surface area contributed by atoms with Gasteiger partial charge in [-0.15, -0.1) is 0 Å². The van der Waals surface area contributed by atoms with E-state index in [1.165, 1.54) is 6.20 Å². The van der Waals surface area contributed by atoms with Gasteiger partial charge in [0.05, 0.1) is 16.8 Å². The largest absolute Gasteiger partial charge is 0.411 e. The Morgan fingerprint density at radius 2 is 1.95 bits per heavy atom. The number of nitrogens with one attached hydrogen (secondary N) is 1. The van der Waals surface area contributed by atoms with Gasteiger partial charge in [0, 0.05) is 11.6 Å². The van der Waals surface area contributed by atoms with Crippen LogP contribution >= 0.6 is 0 Å². The molecule has 0 bridgehead atoms. The SMILES string of the molecule is N#Cc1cnc2ccccc2c1NC1(C(F)(F)F)CC1. The molecule has 102 valence electrons. The molecule has 0 saturated heterocycles. The summed E-state index contributed by atoms with van der Waals surface area (Å²) in [5.74, 6) is 0. The van der Waals surface area contributed by atoms with Crippen molar-refractivity contribution in [1.82, 2.24) is 4.98 Å². The Labute approximate surface area is 113 Å². The quantitative estimate of drug-likeness (QED) is 0.912. The number of alkyl halides is 3. The molecule has 0 amide bonds. The minimum atomic E-state index is -4.33. The minimum Gasteiger partial charge on any atom is -0.370 e. The van der Waals surface area contributed by atoms with Crippen molar-refractivity contribution >= 4 is 16.6 Å². The van der Waals surface area contributed by atoms with Gasteiger partial charge in [-0.25, -0.2) is 0 Å². The molecule has 0 atom stereocenters. The highest BCUT2D eigenvalue weighted by Gasteiger charge is 2.63. The second-order valence-corrected chi connectivity index (χ2v) is 4.88. The predicted molar refractivity (Wildman–Crippen MR) is 68.1 cm³/mol. The molecule has 6 heteroatoms. The molecule has 1 N–H and O–H groups in total. The zero-order valence-corrected chi connectivity index (χ0v) is 10.3. The molecule has 1 aromatic carbocycles. The molecule has 1 saturated carbocycles. The van der Waals surface area contributed by atoms with Gasteiger partial charge in [0.15, 0.2) is 0 Å². The molecule has 20 heavy (non-hydrogen) atoms. The van der Waals surface area contributed by atoms with Gasteiger partial charge in [-0.1, -0.05) is 18.2 Å². The van der Waals surface area contributed by atoms with E-state index < -0.39 is 11.7 Å². The molecule has 1 aliphatic carbocycles. The number of hydrogen-bond acceptors (Lipinski definition) is 3. The minimum absolute atomic E-state index is 0.0258. The van der Waals surface area contributed by atoms with E-state index in [2.05, 4.69) is 10.3 Å². The second-order valence-electron chi connectivity index (χ2n) is 4.88. The number of hydrogen-bond donors (Lipinski definition) is 1. The highest BCUT2D eigenvalue weighted by molar-refractivity contribution is 5.94. The van der Waals surface area contributed by atoms with E-state index in [9.17, 15) is 13.2 Å².